The van der Waals surface area contributed by atoms with Crippen LogP contribution in [-0.4, -0.2) is 0 Å². The minimum atomic E-state index is 0.887. The summed E-state index contributed by atoms with van der Waals surface area (Å²) >= 11 is 0. The predicted octanol–water partition coefficient (Wildman–Crippen LogP) is 13.7. The van der Waals surface area contributed by atoms with Crippen LogP contribution in [0.5, 0.6) is 0 Å². The van der Waals surface area contributed by atoms with Gasteiger partial charge in [-0.3, -0.25) is 0 Å². The molecule has 0 unspecified atom stereocenters. The van der Waals surface area contributed by atoms with E-state index >= 15 is 0 Å². The Morgan fingerprint density at radius 3 is 1.64 bits per heavy atom. The number of furan rings is 1. The molecule has 50 heavy (non-hydrogen) atoms. The number of hydrogen-bond acceptors (Lipinski definition) is 2. The molecule has 0 atom stereocenters. The summed E-state index contributed by atoms with van der Waals surface area (Å²) in [6.45, 7) is 0. The molecule has 1 aromatic heterocycles. The van der Waals surface area contributed by atoms with Crippen molar-refractivity contribution in [2.75, 3.05) is 4.90 Å². The lowest BCUT2D eigenvalue weighted by Gasteiger charge is -2.26. The van der Waals surface area contributed by atoms with Crippen LogP contribution in [0.25, 0.3) is 66.4 Å². The van der Waals surface area contributed by atoms with Crippen LogP contribution >= 0.6 is 0 Å². The maximum absolute atomic E-state index is 6.53. The van der Waals surface area contributed by atoms with Gasteiger partial charge in [0.2, 0.25) is 0 Å². The quantitative estimate of drug-likeness (QED) is 0.173. The van der Waals surface area contributed by atoms with Gasteiger partial charge in [0, 0.05) is 33.6 Å². The first kappa shape index (κ1) is 29.5. The molecule has 0 aliphatic rings. The van der Waals surface area contributed by atoms with Crippen molar-refractivity contribution < 1.29 is 4.42 Å². The summed E-state index contributed by atoms with van der Waals surface area (Å²) in [6.07, 6.45) is 0. The highest BCUT2D eigenvalue weighted by Crippen LogP contribution is 2.42. The highest BCUT2D eigenvalue weighted by Gasteiger charge is 2.18. The van der Waals surface area contributed by atoms with Crippen LogP contribution in [0.3, 0.4) is 0 Å². The van der Waals surface area contributed by atoms with Crippen LogP contribution in [0.15, 0.2) is 205 Å². The molecule has 0 spiro atoms. The zero-order valence-corrected chi connectivity index (χ0v) is 27.4. The predicted molar refractivity (Wildman–Crippen MR) is 210 cm³/mol. The number of fused-ring (bicyclic) bond motifs is 2. The summed E-state index contributed by atoms with van der Waals surface area (Å²) in [5.41, 5.74) is 12.3. The average Bonchev–Trinajstić information content (AvgIpc) is 3.59. The van der Waals surface area contributed by atoms with E-state index in [1.54, 1.807) is 0 Å². The van der Waals surface area contributed by atoms with Gasteiger partial charge in [-0.15, -0.1) is 0 Å². The molecule has 0 radical (unpaired) electrons. The minimum absolute atomic E-state index is 0.887. The smallest absolute Gasteiger partial charge is 0.143 e. The maximum Gasteiger partial charge on any atom is 0.143 e. The van der Waals surface area contributed by atoms with E-state index in [-0.39, 0.29) is 0 Å². The maximum atomic E-state index is 6.53. The van der Waals surface area contributed by atoms with Crippen molar-refractivity contribution >= 4 is 38.8 Å². The summed E-state index contributed by atoms with van der Waals surface area (Å²) in [6, 6.07) is 70.9. The lowest BCUT2D eigenvalue weighted by atomic mass is 9.96. The van der Waals surface area contributed by atoms with Crippen molar-refractivity contribution in [2.24, 2.45) is 0 Å². The van der Waals surface area contributed by atoms with E-state index in [0.717, 1.165) is 61.6 Å². The lowest BCUT2D eigenvalue weighted by Crippen LogP contribution is -2.09. The molecule has 236 valence electrons. The number of benzene rings is 8. The van der Waals surface area contributed by atoms with E-state index in [0.29, 0.717) is 0 Å². The Morgan fingerprint density at radius 2 is 0.880 bits per heavy atom. The summed E-state index contributed by atoms with van der Waals surface area (Å²) < 4.78 is 6.53. The number of hydrogen-bond donors (Lipinski definition) is 0. The molecule has 0 aliphatic carbocycles. The molecule has 0 amide bonds. The van der Waals surface area contributed by atoms with Gasteiger partial charge in [-0.1, -0.05) is 152 Å². The molecule has 0 saturated carbocycles. The third kappa shape index (κ3) is 5.43. The van der Waals surface area contributed by atoms with Gasteiger partial charge in [0.25, 0.3) is 0 Å². The number of rotatable bonds is 7. The number of anilines is 3. The van der Waals surface area contributed by atoms with E-state index in [4.69, 9.17) is 4.42 Å². The van der Waals surface area contributed by atoms with Gasteiger partial charge in [0.05, 0.1) is 0 Å². The first-order chi connectivity index (χ1) is 24.8. The highest BCUT2D eigenvalue weighted by molar-refractivity contribution is 6.02. The Morgan fingerprint density at radius 1 is 0.340 bits per heavy atom. The zero-order valence-electron chi connectivity index (χ0n) is 27.4. The van der Waals surface area contributed by atoms with Crippen LogP contribution in [0.1, 0.15) is 0 Å². The second-order valence-electron chi connectivity index (χ2n) is 12.5. The van der Waals surface area contributed by atoms with Crippen molar-refractivity contribution in [3.63, 3.8) is 0 Å². The van der Waals surface area contributed by atoms with Gasteiger partial charge in [-0.05, 0) is 87.1 Å². The van der Waals surface area contributed by atoms with E-state index in [2.05, 4.69) is 193 Å². The molecule has 2 nitrogen and oxygen atoms in total. The number of nitrogens with zero attached hydrogens (tertiary/aromatic N) is 1. The van der Waals surface area contributed by atoms with Crippen LogP contribution in [0.2, 0.25) is 0 Å². The van der Waals surface area contributed by atoms with Gasteiger partial charge in [-0.25, -0.2) is 0 Å². The molecule has 0 fully saturated rings. The Balaban J connectivity index is 1.07. The first-order valence-corrected chi connectivity index (χ1v) is 17.0. The largest absolute Gasteiger partial charge is 0.455 e. The minimum Gasteiger partial charge on any atom is -0.455 e. The van der Waals surface area contributed by atoms with E-state index in [1.807, 2.05) is 12.1 Å². The molecule has 8 aromatic carbocycles. The first-order valence-electron chi connectivity index (χ1n) is 17.0. The van der Waals surface area contributed by atoms with Crippen LogP contribution < -0.4 is 4.90 Å². The van der Waals surface area contributed by atoms with E-state index < -0.39 is 0 Å². The fraction of sp³-hybridized carbons (Fsp3) is 0. The molecule has 9 rings (SSSR count). The molecular weight excluding hydrogens is 607 g/mol. The SMILES string of the molecule is c1ccc(-c2c(-c3cccc(-c4ccc(N(c5ccccc5)c5ccc(-c6cccc7ccccc67)cc5)cc4)c3)oc3ccccc23)cc1. The van der Waals surface area contributed by atoms with Crippen molar-refractivity contribution in [1.29, 1.82) is 0 Å². The van der Waals surface area contributed by atoms with Crippen molar-refractivity contribution in [1.82, 2.24) is 0 Å². The standard InChI is InChI=1S/C48H33NO/c1-3-14-37(15-4-1)47-45-22-9-10-24-46(45)50-48(47)39-18-11-17-38(33-39)34-25-29-41(30-26-34)49(40-19-5-2-6-20-40)42-31-27-36(28-32-42)44-23-12-16-35-13-7-8-21-43(35)44/h1-33H. The second-order valence-corrected chi connectivity index (χ2v) is 12.5. The van der Waals surface area contributed by atoms with Crippen LogP contribution in [0.4, 0.5) is 17.1 Å². The molecule has 1 heterocycles. The molecular formula is C48H33NO. The second kappa shape index (κ2) is 12.8. The summed E-state index contributed by atoms with van der Waals surface area (Å²) in [7, 11) is 0. The molecule has 2 heteroatoms. The molecule has 9 aromatic rings. The van der Waals surface area contributed by atoms with Gasteiger partial charge in [0.1, 0.15) is 11.3 Å². The molecule has 0 bridgehead atoms. The Kier molecular flexibility index (Phi) is 7.53. The van der Waals surface area contributed by atoms with Gasteiger partial charge in [0.15, 0.2) is 0 Å². The van der Waals surface area contributed by atoms with Crippen LogP contribution in [-0.2, 0) is 0 Å². The lowest BCUT2D eigenvalue weighted by molar-refractivity contribution is 0.632. The van der Waals surface area contributed by atoms with Gasteiger partial charge < -0.3 is 9.32 Å². The van der Waals surface area contributed by atoms with Crippen molar-refractivity contribution in [3.05, 3.63) is 200 Å². The molecule has 0 N–H and O–H groups in total. The van der Waals surface area contributed by atoms with E-state index in [9.17, 15) is 0 Å². The summed E-state index contributed by atoms with van der Waals surface area (Å²) in [5.74, 6) is 0.887. The Hall–Kier alpha value is -6.64. The van der Waals surface area contributed by atoms with Crippen molar-refractivity contribution in [3.8, 4) is 44.7 Å². The normalized spacial score (nSPS) is 11.2. The third-order valence-electron chi connectivity index (χ3n) is 9.48. The molecule has 0 saturated heterocycles. The highest BCUT2D eigenvalue weighted by atomic mass is 16.3. The van der Waals surface area contributed by atoms with Crippen molar-refractivity contribution in [2.45, 2.75) is 0 Å². The number of para-hydroxylation sites is 2. The summed E-state index contributed by atoms with van der Waals surface area (Å²) in [5, 5.41) is 3.63. The third-order valence-corrected chi connectivity index (χ3v) is 9.48. The fourth-order valence-electron chi connectivity index (χ4n) is 7.07. The Bertz CT molecular complexity index is 2560. The average molecular weight is 640 g/mol. The van der Waals surface area contributed by atoms with Gasteiger partial charge in [-0.2, -0.15) is 0 Å². The Labute approximate surface area is 292 Å². The molecule has 0 aliphatic heterocycles. The zero-order chi connectivity index (χ0) is 33.3. The van der Waals surface area contributed by atoms with E-state index in [1.165, 1.54) is 21.9 Å². The van der Waals surface area contributed by atoms with Gasteiger partial charge >= 0.3 is 0 Å². The fourth-order valence-corrected chi connectivity index (χ4v) is 7.07. The topological polar surface area (TPSA) is 16.4 Å². The van der Waals surface area contributed by atoms with Crippen LogP contribution in [0, 0.1) is 0 Å². The monoisotopic (exact) mass is 639 g/mol. The summed E-state index contributed by atoms with van der Waals surface area (Å²) in [4.78, 5) is 2.31.